The highest BCUT2D eigenvalue weighted by molar-refractivity contribution is 5.68. The third-order valence-electron chi connectivity index (χ3n) is 4.16. The third-order valence-corrected chi connectivity index (χ3v) is 4.16. The average molecular weight is 289 g/mol. The number of rotatable bonds is 3. The lowest BCUT2D eigenvalue weighted by atomic mass is 10.0. The van der Waals surface area contributed by atoms with Crippen LogP contribution in [0.1, 0.15) is 18.4 Å². The molecule has 0 bridgehead atoms. The van der Waals surface area contributed by atoms with Gasteiger partial charge in [-0.1, -0.05) is 30.3 Å². The van der Waals surface area contributed by atoms with Crippen molar-refractivity contribution in [3.8, 4) is 0 Å². The molecule has 3 rings (SSSR count). The smallest absolute Gasteiger partial charge is 0.411 e. The van der Waals surface area contributed by atoms with Crippen LogP contribution in [0.3, 0.4) is 0 Å². The fourth-order valence-electron chi connectivity index (χ4n) is 3.01. The van der Waals surface area contributed by atoms with E-state index in [4.69, 9.17) is 4.74 Å². The summed E-state index contributed by atoms with van der Waals surface area (Å²) in [5.74, 6) is 0. The summed E-state index contributed by atoms with van der Waals surface area (Å²) in [6.07, 6.45) is 2.57. The number of nitrogens with one attached hydrogen (secondary N) is 2. The lowest BCUT2D eigenvalue weighted by Crippen LogP contribution is -2.55. The minimum atomic E-state index is -0.183. The van der Waals surface area contributed by atoms with E-state index >= 15 is 0 Å². The molecular formula is C16H23N3O2. The first-order chi connectivity index (χ1) is 10.3. The van der Waals surface area contributed by atoms with Crippen LogP contribution >= 0.6 is 0 Å². The van der Waals surface area contributed by atoms with Crippen molar-refractivity contribution in [3.63, 3.8) is 0 Å². The van der Waals surface area contributed by atoms with Gasteiger partial charge in [0.2, 0.25) is 0 Å². The Hall–Kier alpha value is -1.59. The van der Waals surface area contributed by atoms with Crippen molar-refractivity contribution in [1.82, 2.24) is 15.5 Å². The fraction of sp³-hybridized carbons (Fsp3) is 0.562. The Labute approximate surface area is 125 Å². The average Bonchev–Trinajstić information content (AvgIpc) is 3.02. The summed E-state index contributed by atoms with van der Waals surface area (Å²) in [6.45, 7) is 3.30. The largest absolute Gasteiger partial charge is 0.430 e. The highest BCUT2D eigenvalue weighted by atomic mass is 16.6. The van der Waals surface area contributed by atoms with E-state index in [-0.39, 0.29) is 18.4 Å². The first-order valence-electron chi connectivity index (χ1n) is 7.78. The maximum absolute atomic E-state index is 12.4. The number of benzene rings is 1. The number of piperazine rings is 1. The molecule has 2 saturated heterocycles. The zero-order valence-corrected chi connectivity index (χ0v) is 12.3. The lowest BCUT2D eigenvalue weighted by molar-refractivity contribution is 0.0395. The molecule has 2 fully saturated rings. The van der Waals surface area contributed by atoms with Crippen LogP contribution in [-0.4, -0.2) is 49.4 Å². The number of carbonyl (C=O) groups is 1. The molecule has 2 aliphatic rings. The van der Waals surface area contributed by atoms with E-state index in [1.54, 1.807) is 0 Å². The Morgan fingerprint density at radius 1 is 1.29 bits per heavy atom. The molecular weight excluding hydrogens is 266 g/mol. The van der Waals surface area contributed by atoms with Gasteiger partial charge in [-0.15, -0.1) is 0 Å². The molecule has 5 heteroatoms. The van der Waals surface area contributed by atoms with Crippen molar-refractivity contribution in [2.24, 2.45) is 0 Å². The van der Waals surface area contributed by atoms with E-state index < -0.39 is 0 Å². The molecule has 2 unspecified atom stereocenters. The van der Waals surface area contributed by atoms with Gasteiger partial charge in [0.1, 0.15) is 0 Å². The van der Waals surface area contributed by atoms with Gasteiger partial charge in [-0.2, -0.15) is 0 Å². The molecule has 114 valence electrons. The zero-order valence-electron chi connectivity index (χ0n) is 12.3. The van der Waals surface area contributed by atoms with Gasteiger partial charge in [-0.25, -0.2) is 4.79 Å². The molecule has 1 amide bonds. The number of hydrogen-bond acceptors (Lipinski definition) is 4. The summed E-state index contributed by atoms with van der Waals surface area (Å²) in [4.78, 5) is 14.3. The second-order valence-corrected chi connectivity index (χ2v) is 5.71. The number of carbonyl (C=O) groups excluding carboxylic acids is 1. The Bertz CT molecular complexity index is 460. The quantitative estimate of drug-likeness (QED) is 0.882. The van der Waals surface area contributed by atoms with Gasteiger partial charge < -0.3 is 15.0 Å². The van der Waals surface area contributed by atoms with Crippen LogP contribution in [0.15, 0.2) is 30.3 Å². The standard InChI is InChI=1S/C16H23N3O2/c20-16(21-15-7-4-8-18-15)19-10-9-17-12-14(19)11-13-5-2-1-3-6-13/h1-3,5-6,14-15,17-18H,4,7-12H2. The number of amides is 1. The molecule has 0 saturated carbocycles. The molecule has 2 N–H and O–H groups in total. The molecule has 1 aromatic rings. The zero-order chi connectivity index (χ0) is 14.5. The summed E-state index contributed by atoms with van der Waals surface area (Å²) in [6, 6.07) is 10.5. The van der Waals surface area contributed by atoms with Crippen LogP contribution in [0.2, 0.25) is 0 Å². The summed E-state index contributed by atoms with van der Waals surface area (Å²) in [5.41, 5.74) is 1.25. The molecule has 0 aliphatic carbocycles. The van der Waals surface area contributed by atoms with Crippen LogP contribution in [0.25, 0.3) is 0 Å². The number of ether oxygens (including phenoxy) is 1. The van der Waals surface area contributed by atoms with Gasteiger partial charge >= 0.3 is 6.09 Å². The van der Waals surface area contributed by atoms with E-state index in [0.717, 1.165) is 38.9 Å². The van der Waals surface area contributed by atoms with Crippen molar-refractivity contribution in [1.29, 1.82) is 0 Å². The maximum atomic E-state index is 12.4. The fourth-order valence-corrected chi connectivity index (χ4v) is 3.01. The number of nitrogens with zero attached hydrogens (tertiary/aromatic N) is 1. The summed E-state index contributed by atoms with van der Waals surface area (Å²) >= 11 is 0. The molecule has 0 spiro atoms. The second-order valence-electron chi connectivity index (χ2n) is 5.71. The Morgan fingerprint density at radius 3 is 2.90 bits per heavy atom. The van der Waals surface area contributed by atoms with E-state index in [1.165, 1.54) is 5.56 Å². The molecule has 2 aliphatic heterocycles. The van der Waals surface area contributed by atoms with Crippen molar-refractivity contribution < 1.29 is 9.53 Å². The Kier molecular flexibility index (Phi) is 4.72. The Morgan fingerprint density at radius 2 is 2.14 bits per heavy atom. The van der Waals surface area contributed by atoms with E-state index in [0.29, 0.717) is 6.54 Å². The first-order valence-corrected chi connectivity index (χ1v) is 7.78. The summed E-state index contributed by atoms with van der Waals surface area (Å²) in [7, 11) is 0. The van der Waals surface area contributed by atoms with Gasteiger partial charge in [0.15, 0.2) is 6.23 Å². The molecule has 0 aromatic heterocycles. The predicted octanol–water partition coefficient (Wildman–Crippen LogP) is 1.35. The van der Waals surface area contributed by atoms with E-state index in [1.807, 2.05) is 23.1 Å². The van der Waals surface area contributed by atoms with Gasteiger partial charge in [-0.05, 0) is 31.4 Å². The highest BCUT2D eigenvalue weighted by Gasteiger charge is 2.30. The molecule has 5 nitrogen and oxygen atoms in total. The molecule has 2 heterocycles. The topological polar surface area (TPSA) is 53.6 Å². The predicted molar refractivity (Wildman–Crippen MR) is 81.0 cm³/mol. The van der Waals surface area contributed by atoms with Crippen LogP contribution in [0.4, 0.5) is 4.79 Å². The molecule has 1 aromatic carbocycles. The van der Waals surface area contributed by atoms with E-state index in [9.17, 15) is 4.79 Å². The van der Waals surface area contributed by atoms with Crippen LogP contribution in [-0.2, 0) is 11.2 Å². The van der Waals surface area contributed by atoms with Crippen LogP contribution in [0, 0.1) is 0 Å². The molecule has 0 radical (unpaired) electrons. The summed E-state index contributed by atoms with van der Waals surface area (Å²) in [5, 5.41) is 6.57. The number of hydrogen-bond donors (Lipinski definition) is 2. The first kappa shape index (κ1) is 14.4. The van der Waals surface area contributed by atoms with E-state index in [2.05, 4.69) is 22.8 Å². The van der Waals surface area contributed by atoms with Gasteiger partial charge in [0.25, 0.3) is 0 Å². The van der Waals surface area contributed by atoms with Gasteiger partial charge in [0, 0.05) is 19.6 Å². The highest BCUT2D eigenvalue weighted by Crippen LogP contribution is 2.15. The normalized spacial score (nSPS) is 25.8. The molecule has 2 atom stereocenters. The SMILES string of the molecule is O=C(OC1CCCN1)N1CCNCC1Cc1ccccc1. The van der Waals surface area contributed by atoms with Crippen molar-refractivity contribution in [2.45, 2.75) is 31.5 Å². The van der Waals surface area contributed by atoms with Crippen molar-refractivity contribution in [2.75, 3.05) is 26.2 Å². The van der Waals surface area contributed by atoms with Gasteiger partial charge in [-0.3, -0.25) is 5.32 Å². The third kappa shape index (κ3) is 3.74. The second kappa shape index (κ2) is 6.91. The molecule has 21 heavy (non-hydrogen) atoms. The van der Waals surface area contributed by atoms with Crippen LogP contribution < -0.4 is 10.6 Å². The van der Waals surface area contributed by atoms with Crippen molar-refractivity contribution >= 4 is 6.09 Å². The minimum Gasteiger partial charge on any atom is -0.430 e. The minimum absolute atomic E-state index is 0.107. The lowest BCUT2D eigenvalue weighted by Gasteiger charge is -2.36. The monoisotopic (exact) mass is 289 g/mol. The van der Waals surface area contributed by atoms with Gasteiger partial charge in [0.05, 0.1) is 6.04 Å². The van der Waals surface area contributed by atoms with Crippen molar-refractivity contribution in [3.05, 3.63) is 35.9 Å². The summed E-state index contributed by atoms with van der Waals surface area (Å²) < 4.78 is 5.57. The Balaban J connectivity index is 1.61. The van der Waals surface area contributed by atoms with Crippen LogP contribution in [0.5, 0.6) is 0 Å². The maximum Gasteiger partial charge on any atom is 0.411 e.